The van der Waals surface area contributed by atoms with Crippen LogP contribution in [0, 0.1) is 23.0 Å². The largest absolute Gasteiger partial charge is 0.472 e. The maximum atomic E-state index is 10.9. The standard InChI is InChI=1S/C11H18N4O3/c1-4-5-7(2)6-18-10-9(15(16)17)8(3)13-11(12)14-10/h7H,4-6H2,1-3H3,(H2,12,13,14). The van der Waals surface area contributed by atoms with Gasteiger partial charge in [0.15, 0.2) is 0 Å². The van der Waals surface area contributed by atoms with Gasteiger partial charge in [-0.05, 0) is 19.3 Å². The molecule has 0 fully saturated rings. The third-order valence-corrected chi connectivity index (χ3v) is 2.51. The Hall–Kier alpha value is -1.92. The average molecular weight is 254 g/mol. The van der Waals surface area contributed by atoms with E-state index in [-0.39, 0.29) is 23.2 Å². The van der Waals surface area contributed by atoms with Gasteiger partial charge in [0, 0.05) is 0 Å². The van der Waals surface area contributed by atoms with Crippen molar-refractivity contribution in [3.05, 3.63) is 15.8 Å². The van der Waals surface area contributed by atoms with E-state index < -0.39 is 4.92 Å². The molecule has 1 aromatic rings. The normalized spacial score (nSPS) is 12.2. The van der Waals surface area contributed by atoms with Gasteiger partial charge in [0.2, 0.25) is 5.95 Å². The first kappa shape index (κ1) is 14.1. The van der Waals surface area contributed by atoms with Crippen LogP contribution in [0.4, 0.5) is 11.6 Å². The summed E-state index contributed by atoms with van der Waals surface area (Å²) in [5.41, 5.74) is 5.47. The number of nitrogens with zero attached hydrogens (tertiary/aromatic N) is 3. The van der Waals surface area contributed by atoms with Gasteiger partial charge in [0.05, 0.1) is 11.5 Å². The summed E-state index contributed by atoms with van der Waals surface area (Å²) in [7, 11) is 0. The number of hydrogen-bond donors (Lipinski definition) is 1. The second-order valence-corrected chi connectivity index (χ2v) is 4.28. The highest BCUT2D eigenvalue weighted by Gasteiger charge is 2.23. The predicted octanol–water partition coefficient (Wildman–Crippen LogP) is 2.09. The molecule has 1 aromatic heterocycles. The van der Waals surface area contributed by atoms with Gasteiger partial charge in [0.25, 0.3) is 5.88 Å². The number of rotatable bonds is 6. The van der Waals surface area contributed by atoms with Crippen LogP contribution in [0.3, 0.4) is 0 Å². The Labute approximate surface area is 106 Å². The second kappa shape index (κ2) is 6.13. The molecule has 0 aromatic carbocycles. The minimum absolute atomic E-state index is 0.0174. The van der Waals surface area contributed by atoms with Crippen molar-refractivity contribution in [2.75, 3.05) is 12.3 Å². The zero-order chi connectivity index (χ0) is 13.7. The summed E-state index contributed by atoms with van der Waals surface area (Å²) < 4.78 is 5.40. The van der Waals surface area contributed by atoms with Crippen molar-refractivity contribution in [2.45, 2.75) is 33.6 Å². The highest BCUT2D eigenvalue weighted by atomic mass is 16.6. The third kappa shape index (κ3) is 3.54. The van der Waals surface area contributed by atoms with Crippen molar-refractivity contribution in [1.82, 2.24) is 9.97 Å². The molecule has 0 aliphatic rings. The van der Waals surface area contributed by atoms with Gasteiger partial charge < -0.3 is 10.5 Å². The number of anilines is 1. The Morgan fingerprint density at radius 3 is 2.72 bits per heavy atom. The maximum Gasteiger partial charge on any atom is 0.352 e. The van der Waals surface area contributed by atoms with Crippen molar-refractivity contribution in [2.24, 2.45) is 5.92 Å². The molecule has 0 radical (unpaired) electrons. The van der Waals surface area contributed by atoms with Crippen LogP contribution >= 0.6 is 0 Å². The molecule has 1 heterocycles. The topological polar surface area (TPSA) is 104 Å². The summed E-state index contributed by atoms with van der Waals surface area (Å²) in [5, 5.41) is 10.9. The van der Waals surface area contributed by atoms with Crippen LogP contribution in [-0.4, -0.2) is 21.5 Å². The molecule has 0 saturated carbocycles. The van der Waals surface area contributed by atoms with E-state index in [1.54, 1.807) is 0 Å². The summed E-state index contributed by atoms with van der Waals surface area (Å²) in [6, 6.07) is 0. The van der Waals surface area contributed by atoms with Gasteiger partial charge in [-0.1, -0.05) is 20.3 Å². The molecule has 0 spiro atoms. The maximum absolute atomic E-state index is 10.9. The lowest BCUT2D eigenvalue weighted by molar-refractivity contribution is -0.387. The Bertz CT molecular complexity index is 437. The summed E-state index contributed by atoms with van der Waals surface area (Å²) >= 11 is 0. The fourth-order valence-electron chi connectivity index (χ4n) is 1.67. The molecule has 0 amide bonds. The third-order valence-electron chi connectivity index (χ3n) is 2.51. The van der Waals surface area contributed by atoms with Crippen LogP contribution in [0.5, 0.6) is 5.88 Å². The van der Waals surface area contributed by atoms with Crippen molar-refractivity contribution < 1.29 is 9.66 Å². The van der Waals surface area contributed by atoms with E-state index >= 15 is 0 Å². The van der Waals surface area contributed by atoms with Crippen LogP contribution in [0.15, 0.2) is 0 Å². The Kier molecular flexibility index (Phi) is 4.82. The fourth-order valence-corrected chi connectivity index (χ4v) is 1.67. The Morgan fingerprint density at radius 2 is 2.17 bits per heavy atom. The van der Waals surface area contributed by atoms with Crippen LogP contribution in [0.2, 0.25) is 0 Å². The first-order valence-electron chi connectivity index (χ1n) is 5.87. The van der Waals surface area contributed by atoms with Crippen LogP contribution in [-0.2, 0) is 0 Å². The molecule has 1 unspecified atom stereocenters. The predicted molar refractivity (Wildman–Crippen MR) is 67.4 cm³/mol. The second-order valence-electron chi connectivity index (χ2n) is 4.28. The molecule has 0 bridgehead atoms. The molecule has 1 atom stereocenters. The number of ether oxygens (including phenoxy) is 1. The zero-order valence-electron chi connectivity index (χ0n) is 10.8. The van der Waals surface area contributed by atoms with Crippen LogP contribution < -0.4 is 10.5 Å². The minimum atomic E-state index is -0.547. The van der Waals surface area contributed by atoms with Crippen LogP contribution in [0.25, 0.3) is 0 Å². The Morgan fingerprint density at radius 1 is 1.50 bits per heavy atom. The molecule has 7 nitrogen and oxygen atoms in total. The lowest BCUT2D eigenvalue weighted by Crippen LogP contribution is -2.12. The van der Waals surface area contributed by atoms with Crippen molar-refractivity contribution in [3.8, 4) is 5.88 Å². The summed E-state index contributed by atoms with van der Waals surface area (Å²) in [6.07, 6.45) is 2.03. The van der Waals surface area contributed by atoms with Gasteiger partial charge in [0.1, 0.15) is 5.69 Å². The minimum Gasteiger partial charge on any atom is -0.472 e. The quantitative estimate of drug-likeness (QED) is 0.615. The first-order chi connectivity index (χ1) is 8.45. The molecular formula is C11H18N4O3. The van der Waals surface area contributed by atoms with Gasteiger partial charge in [-0.2, -0.15) is 4.98 Å². The summed E-state index contributed by atoms with van der Waals surface area (Å²) in [5.74, 6) is 0.246. The molecule has 0 aliphatic carbocycles. The first-order valence-corrected chi connectivity index (χ1v) is 5.87. The van der Waals surface area contributed by atoms with E-state index in [9.17, 15) is 10.1 Å². The molecule has 18 heavy (non-hydrogen) atoms. The number of hydrogen-bond acceptors (Lipinski definition) is 6. The van der Waals surface area contributed by atoms with E-state index in [1.165, 1.54) is 6.92 Å². The van der Waals surface area contributed by atoms with E-state index in [4.69, 9.17) is 10.5 Å². The van der Waals surface area contributed by atoms with Gasteiger partial charge in [-0.3, -0.25) is 10.1 Å². The smallest absolute Gasteiger partial charge is 0.352 e. The SMILES string of the molecule is CCCC(C)COc1nc(N)nc(C)c1[N+](=O)[O-]. The van der Waals surface area contributed by atoms with Crippen molar-refractivity contribution in [3.63, 3.8) is 0 Å². The van der Waals surface area contributed by atoms with E-state index in [0.717, 1.165) is 12.8 Å². The molecule has 0 aliphatic heterocycles. The molecule has 2 N–H and O–H groups in total. The zero-order valence-corrected chi connectivity index (χ0v) is 10.8. The number of nitrogens with two attached hydrogens (primary N) is 1. The monoisotopic (exact) mass is 254 g/mol. The fraction of sp³-hybridized carbons (Fsp3) is 0.636. The van der Waals surface area contributed by atoms with Crippen molar-refractivity contribution in [1.29, 1.82) is 0 Å². The van der Waals surface area contributed by atoms with Crippen molar-refractivity contribution >= 4 is 11.6 Å². The average Bonchev–Trinajstić information content (AvgIpc) is 2.25. The summed E-state index contributed by atoms with van der Waals surface area (Å²) in [6.45, 7) is 5.99. The van der Waals surface area contributed by atoms with Crippen LogP contribution in [0.1, 0.15) is 32.4 Å². The Balaban J connectivity index is 2.90. The van der Waals surface area contributed by atoms with Gasteiger partial charge in [-0.15, -0.1) is 0 Å². The van der Waals surface area contributed by atoms with Gasteiger partial charge in [-0.25, -0.2) is 4.98 Å². The van der Waals surface area contributed by atoms with Gasteiger partial charge >= 0.3 is 5.69 Å². The lowest BCUT2D eigenvalue weighted by atomic mass is 10.1. The van der Waals surface area contributed by atoms with E-state index in [2.05, 4.69) is 16.9 Å². The highest BCUT2D eigenvalue weighted by molar-refractivity contribution is 5.47. The molecular weight excluding hydrogens is 236 g/mol. The highest BCUT2D eigenvalue weighted by Crippen LogP contribution is 2.28. The number of nitro groups is 1. The van der Waals surface area contributed by atoms with E-state index in [0.29, 0.717) is 12.5 Å². The molecule has 0 saturated heterocycles. The summed E-state index contributed by atoms with van der Waals surface area (Å²) in [4.78, 5) is 17.9. The number of nitrogen functional groups attached to an aromatic ring is 1. The number of aromatic nitrogens is 2. The molecule has 7 heteroatoms. The lowest BCUT2D eigenvalue weighted by Gasteiger charge is -2.12. The van der Waals surface area contributed by atoms with E-state index in [1.807, 2.05) is 6.92 Å². The number of aryl methyl sites for hydroxylation is 1. The molecule has 100 valence electrons. The molecule has 1 rings (SSSR count).